The highest BCUT2D eigenvalue weighted by Crippen LogP contribution is 2.69. The van der Waals surface area contributed by atoms with Crippen LogP contribution in [0.5, 0.6) is 0 Å². The minimum atomic E-state index is -2.41. The first-order valence-electron chi connectivity index (χ1n) is 7.63. The molecule has 0 aromatic heterocycles. The van der Waals surface area contributed by atoms with E-state index in [0.717, 1.165) is 77.8 Å². The van der Waals surface area contributed by atoms with E-state index < -0.39 is 13.4 Å². The van der Waals surface area contributed by atoms with E-state index in [-0.39, 0.29) is 0 Å². The summed E-state index contributed by atoms with van der Waals surface area (Å²) in [5.74, 6) is 0. The lowest BCUT2D eigenvalue weighted by atomic mass is 10.4. The molecule has 0 N–H and O–H groups in total. The van der Waals surface area contributed by atoms with E-state index >= 15 is 0 Å². The third-order valence-electron chi connectivity index (χ3n) is 4.68. The Morgan fingerprint density at radius 1 is 0.684 bits per heavy atom. The van der Waals surface area contributed by atoms with Crippen LogP contribution in [0.1, 0.15) is 38.5 Å². The molecule has 3 fully saturated rings. The van der Waals surface area contributed by atoms with Gasteiger partial charge in [-0.25, -0.2) is 0 Å². The monoisotopic (exact) mass is 285 g/mol. The lowest BCUT2D eigenvalue weighted by molar-refractivity contribution is -0.235. The fraction of sp³-hybridized carbons (Fsp3) is 0.923. The second kappa shape index (κ2) is 5.65. The van der Waals surface area contributed by atoms with Crippen molar-refractivity contribution in [1.29, 1.82) is 0 Å². The molecule has 0 aromatic rings. The van der Waals surface area contributed by atoms with E-state index in [1.165, 1.54) is 0 Å². The highest BCUT2D eigenvalue weighted by atomic mass is 31.2. The summed E-state index contributed by atoms with van der Waals surface area (Å²) in [4.78, 5) is 12.2. The summed E-state index contributed by atoms with van der Waals surface area (Å²) in [6.45, 7) is 5.64. The smallest absolute Gasteiger partial charge is 0.280 e. The van der Waals surface area contributed by atoms with Crippen molar-refractivity contribution in [3.8, 4) is 0 Å². The van der Waals surface area contributed by atoms with Gasteiger partial charge >= 0.3 is 0 Å². The molecule has 3 aliphatic heterocycles. The van der Waals surface area contributed by atoms with Gasteiger partial charge in [-0.15, -0.1) is 14.0 Å². The minimum Gasteiger partial charge on any atom is -0.511 e. The highest BCUT2D eigenvalue weighted by molar-refractivity contribution is 7.84. The first-order valence-corrected chi connectivity index (χ1v) is 9.28. The molecule has 3 heterocycles. The SMILES string of the molecule is O=C([O-])[P+](N1CCCC1)(N1CCCC1)N1CCCC1. The van der Waals surface area contributed by atoms with E-state index in [1.54, 1.807) is 0 Å². The zero-order valence-electron chi connectivity index (χ0n) is 11.6. The quantitative estimate of drug-likeness (QED) is 0.730. The number of carbonyl (C=O) groups excluding carboxylic acids is 1. The third kappa shape index (κ3) is 2.21. The van der Waals surface area contributed by atoms with Crippen molar-refractivity contribution in [3.05, 3.63) is 0 Å². The minimum absolute atomic E-state index is 0.793. The van der Waals surface area contributed by atoms with E-state index in [1.807, 2.05) is 0 Å². The summed E-state index contributed by atoms with van der Waals surface area (Å²) >= 11 is 0. The predicted octanol–water partition coefficient (Wildman–Crippen LogP) is 1.38. The van der Waals surface area contributed by atoms with Crippen molar-refractivity contribution < 1.29 is 9.90 Å². The molecule has 3 aliphatic rings. The largest absolute Gasteiger partial charge is 0.511 e. The van der Waals surface area contributed by atoms with Crippen LogP contribution in [0.3, 0.4) is 0 Å². The van der Waals surface area contributed by atoms with Crippen LogP contribution < -0.4 is 5.11 Å². The number of rotatable bonds is 4. The second-order valence-corrected chi connectivity index (χ2v) is 9.02. The Bertz CT molecular complexity index is 294. The lowest BCUT2D eigenvalue weighted by Gasteiger charge is -2.43. The number of hydrogen-bond donors (Lipinski definition) is 0. The molecule has 19 heavy (non-hydrogen) atoms. The van der Waals surface area contributed by atoms with E-state index in [0.29, 0.717) is 0 Å². The average Bonchev–Trinajstić information content (AvgIpc) is 3.15. The molecule has 0 bridgehead atoms. The molecule has 0 unspecified atom stereocenters. The van der Waals surface area contributed by atoms with Gasteiger partial charge in [0.2, 0.25) is 0 Å². The Morgan fingerprint density at radius 2 is 0.947 bits per heavy atom. The van der Waals surface area contributed by atoms with Crippen molar-refractivity contribution in [2.45, 2.75) is 38.5 Å². The lowest BCUT2D eigenvalue weighted by Crippen LogP contribution is -2.50. The summed E-state index contributed by atoms with van der Waals surface area (Å²) in [6, 6.07) is 0. The average molecular weight is 285 g/mol. The molecule has 108 valence electrons. The number of hydrogen-bond acceptors (Lipinski definition) is 5. The molecular weight excluding hydrogens is 261 g/mol. The van der Waals surface area contributed by atoms with Gasteiger partial charge in [0.25, 0.3) is 13.4 Å². The molecule has 0 atom stereocenters. The Morgan fingerprint density at radius 3 is 1.16 bits per heavy atom. The van der Waals surface area contributed by atoms with Crippen LogP contribution in [0.4, 0.5) is 4.79 Å². The summed E-state index contributed by atoms with van der Waals surface area (Å²) in [5.41, 5.74) is -0.793. The first-order chi connectivity index (χ1) is 9.26. The molecule has 3 rings (SSSR count). The van der Waals surface area contributed by atoms with Gasteiger partial charge in [0.15, 0.2) is 0 Å². The van der Waals surface area contributed by atoms with Gasteiger partial charge in [0.1, 0.15) is 0 Å². The van der Waals surface area contributed by atoms with Crippen LogP contribution in [-0.2, 0) is 0 Å². The molecule has 0 radical (unpaired) electrons. The number of carboxylic acid groups (broad SMARTS) is 1. The first kappa shape index (κ1) is 13.7. The molecule has 6 heteroatoms. The van der Waals surface area contributed by atoms with Crippen LogP contribution in [0.2, 0.25) is 0 Å². The molecular formula is C13H24N3O2P. The molecule has 0 amide bonds. The maximum Gasteiger partial charge on any atom is 0.280 e. The van der Waals surface area contributed by atoms with Crippen LogP contribution in [-0.4, -0.2) is 59.0 Å². The predicted molar refractivity (Wildman–Crippen MR) is 74.7 cm³/mol. The van der Waals surface area contributed by atoms with Crippen molar-refractivity contribution in [2.24, 2.45) is 0 Å². The summed E-state index contributed by atoms with van der Waals surface area (Å²) < 4.78 is 6.83. The maximum atomic E-state index is 12.2. The van der Waals surface area contributed by atoms with Gasteiger partial charge in [0, 0.05) is 39.3 Å². The van der Waals surface area contributed by atoms with Crippen molar-refractivity contribution in [1.82, 2.24) is 14.0 Å². The van der Waals surface area contributed by atoms with Crippen LogP contribution in [0, 0.1) is 0 Å². The van der Waals surface area contributed by atoms with E-state index in [4.69, 9.17) is 0 Å². The van der Waals surface area contributed by atoms with Crippen molar-refractivity contribution >= 4 is 13.4 Å². The Kier molecular flexibility index (Phi) is 4.08. The molecule has 3 saturated heterocycles. The fourth-order valence-corrected chi connectivity index (χ4v) is 8.11. The zero-order chi connectivity index (χ0) is 13.3. The molecule has 0 aliphatic carbocycles. The third-order valence-corrected chi connectivity index (χ3v) is 8.73. The van der Waals surface area contributed by atoms with Crippen molar-refractivity contribution in [3.63, 3.8) is 0 Å². The number of nitrogens with zero attached hydrogens (tertiary/aromatic N) is 3. The highest BCUT2D eigenvalue weighted by Gasteiger charge is 2.60. The van der Waals surface area contributed by atoms with Crippen LogP contribution in [0.15, 0.2) is 0 Å². The Labute approximate surface area is 116 Å². The van der Waals surface area contributed by atoms with Gasteiger partial charge < -0.3 is 9.90 Å². The van der Waals surface area contributed by atoms with Gasteiger partial charge in [-0.2, -0.15) is 0 Å². The van der Waals surface area contributed by atoms with Gasteiger partial charge in [0.05, 0.1) is 0 Å². The molecule has 0 spiro atoms. The Hall–Kier alpha value is -0.220. The summed E-state index contributed by atoms with van der Waals surface area (Å²) in [5, 5.41) is 12.2. The fourth-order valence-electron chi connectivity index (χ4n) is 3.82. The van der Waals surface area contributed by atoms with Gasteiger partial charge in [-0.1, -0.05) is 0 Å². The Balaban J connectivity index is 1.96. The normalized spacial score (nSPS) is 27.4. The molecule has 5 nitrogen and oxygen atoms in total. The van der Waals surface area contributed by atoms with Crippen molar-refractivity contribution in [2.75, 3.05) is 39.3 Å². The van der Waals surface area contributed by atoms with Crippen LogP contribution >= 0.6 is 7.71 Å². The summed E-state index contributed by atoms with van der Waals surface area (Å²) in [7, 11) is -2.41. The van der Waals surface area contributed by atoms with Gasteiger partial charge in [-0.05, 0) is 38.5 Å². The maximum absolute atomic E-state index is 12.2. The second-order valence-electron chi connectivity index (χ2n) is 5.82. The molecule has 0 saturated carbocycles. The van der Waals surface area contributed by atoms with Gasteiger partial charge in [-0.3, -0.25) is 0 Å². The topological polar surface area (TPSA) is 49.9 Å². The van der Waals surface area contributed by atoms with E-state index in [2.05, 4.69) is 14.0 Å². The number of carbonyl (C=O) groups is 1. The van der Waals surface area contributed by atoms with Crippen LogP contribution in [0.25, 0.3) is 0 Å². The zero-order valence-corrected chi connectivity index (χ0v) is 12.5. The summed E-state index contributed by atoms with van der Waals surface area (Å²) in [6.07, 6.45) is 6.81. The van der Waals surface area contributed by atoms with E-state index in [9.17, 15) is 9.90 Å². The molecule has 0 aromatic carbocycles. The standard InChI is InChI=1S/C13H24N3O2P/c17-13(18)19(14-7-1-2-8-14,15-9-3-4-10-15)16-11-5-6-12-16/h1-12H2.